The van der Waals surface area contributed by atoms with Gasteiger partial charge in [-0.25, -0.2) is 0 Å². The fraction of sp³-hybridized carbons (Fsp3) is 0.571. The molecule has 2 rings (SSSR count). The molecule has 1 aliphatic rings. The molecule has 2 nitrogen and oxygen atoms in total. The summed E-state index contributed by atoms with van der Waals surface area (Å²) in [7, 11) is 0. The average molecular weight is 298 g/mol. The maximum Gasteiger partial charge on any atom is 0.119 e. The summed E-state index contributed by atoms with van der Waals surface area (Å²) in [6.45, 7) is 6.02. The second-order valence-electron chi connectivity index (χ2n) is 5.11. The number of benzene rings is 1. The lowest BCUT2D eigenvalue weighted by Gasteiger charge is -2.11. The van der Waals surface area contributed by atoms with Gasteiger partial charge in [0.05, 0.1) is 6.61 Å². The Labute approximate surface area is 112 Å². The summed E-state index contributed by atoms with van der Waals surface area (Å²) in [5.41, 5.74) is 1.28. The van der Waals surface area contributed by atoms with Crippen molar-refractivity contribution in [2.24, 2.45) is 5.92 Å². The number of hydrogen-bond acceptors (Lipinski definition) is 2. The molecule has 0 saturated heterocycles. The van der Waals surface area contributed by atoms with Gasteiger partial charge in [-0.05, 0) is 42.5 Å². The van der Waals surface area contributed by atoms with Crippen LogP contribution in [0.25, 0.3) is 0 Å². The van der Waals surface area contributed by atoms with Crippen molar-refractivity contribution in [1.82, 2.24) is 5.32 Å². The Hall–Kier alpha value is -0.540. The lowest BCUT2D eigenvalue weighted by molar-refractivity contribution is 0.270. The summed E-state index contributed by atoms with van der Waals surface area (Å²) in [5.74, 6) is 1.53. The highest BCUT2D eigenvalue weighted by Crippen LogP contribution is 2.25. The van der Waals surface area contributed by atoms with Crippen LogP contribution in [-0.4, -0.2) is 12.6 Å². The van der Waals surface area contributed by atoms with Gasteiger partial charge >= 0.3 is 0 Å². The molecule has 0 aromatic heterocycles. The number of halogens is 1. The second-order valence-corrected chi connectivity index (χ2v) is 5.97. The third-order valence-electron chi connectivity index (χ3n) is 2.76. The maximum atomic E-state index is 5.74. The van der Waals surface area contributed by atoms with Crippen LogP contribution in [0, 0.1) is 5.92 Å². The molecule has 0 unspecified atom stereocenters. The molecule has 1 aliphatic carbocycles. The number of nitrogens with one attached hydrogen (secondary N) is 1. The Balaban J connectivity index is 1.94. The Morgan fingerprint density at radius 1 is 1.41 bits per heavy atom. The fourth-order valence-corrected chi connectivity index (χ4v) is 1.97. The van der Waals surface area contributed by atoms with Gasteiger partial charge in [0.25, 0.3) is 0 Å². The van der Waals surface area contributed by atoms with Gasteiger partial charge in [-0.1, -0.05) is 29.8 Å². The SMILES string of the molecule is CC(C)COc1ccc(Br)c(CNC2CC2)c1. The van der Waals surface area contributed by atoms with E-state index in [9.17, 15) is 0 Å². The highest BCUT2D eigenvalue weighted by Gasteiger charge is 2.20. The van der Waals surface area contributed by atoms with Gasteiger partial charge in [-0.15, -0.1) is 0 Å². The van der Waals surface area contributed by atoms with Crippen LogP contribution in [0.1, 0.15) is 32.3 Å². The summed E-state index contributed by atoms with van der Waals surface area (Å²) in [6.07, 6.45) is 2.64. The smallest absolute Gasteiger partial charge is 0.119 e. The van der Waals surface area contributed by atoms with E-state index in [0.29, 0.717) is 5.92 Å². The molecule has 1 N–H and O–H groups in total. The first-order valence-electron chi connectivity index (χ1n) is 6.30. The molecule has 17 heavy (non-hydrogen) atoms. The number of rotatable bonds is 6. The molecule has 1 fully saturated rings. The van der Waals surface area contributed by atoms with E-state index >= 15 is 0 Å². The zero-order valence-corrected chi connectivity index (χ0v) is 12.1. The molecule has 94 valence electrons. The zero-order chi connectivity index (χ0) is 12.3. The van der Waals surface area contributed by atoms with Gasteiger partial charge in [0.2, 0.25) is 0 Å². The van der Waals surface area contributed by atoms with E-state index in [4.69, 9.17) is 4.74 Å². The van der Waals surface area contributed by atoms with E-state index in [0.717, 1.165) is 29.4 Å². The Morgan fingerprint density at radius 2 is 2.18 bits per heavy atom. The summed E-state index contributed by atoms with van der Waals surface area (Å²) in [5, 5.41) is 3.52. The summed E-state index contributed by atoms with van der Waals surface area (Å²) in [6, 6.07) is 6.95. The van der Waals surface area contributed by atoms with E-state index in [1.807, 2.05) is 6.07 Å². The lowest BCUT2D eigenvalue weighted by Crippen LogP contribution is -2.15. The molecule has 3 heteroatoms. The van der Waals surface area contributed by atoms with E-state index in [-0.39, 0.29) is 0 Å². The quantitative estimate of drug-likeness (QED) is 0.864. The van der Waals surface area contributed by atoms with E-state index < -0.39 is 0 Å². The highest BCUT2D eigenvalue weighted by atomic mass is 79.9. The van der Waals surface area contributed by atoms with Crippen molar-refractivity contribution in [3.05, 3.63) is 28.2 Å². The molecule has 0 bridgehead atoms. The van der Waals surface area contributed by atoms with Gasteiger partial charge in [0.1, 0.15) is 5.75 Å². The molecule has 1 aromatic rings. The molecular formula is C14H20BrNO. The van der Waals surface area contributed by atoms with Crippen LogP contribution in [0.2, 0.25) is 0 Å². The molecular weight excluding hydrogens is 278 g/mol. The Kier molecular flexibility index (Phi) is 4.46. The first kappa shape index (κ1) is 12.9. The van der Waals surface area contributed by atoms with Crippen molar-refractivity contribution in [2.75, 3.05) is 6.61 Å². The van der Waals surface area contributed by atoms with Gasteiger partial charge in [-0.2, -0.15) is 0 Å². The monoisotopic (exact) mass is 297 g/mol. The highest BCUT2D eigenvalue weighted by molar-refractivity contribution is 9.10. The minimum Gasteiger partial charge on any atom is -0.493 e. The fourth-order valence-electron chi connectivity index (χ4n) is 1.58. The minimum atomic E-state index is 0.562. The summed E-state index contributed by atoms with van der Waals surface area (Å²) >= 11 is 3.59. The van der Waals surface area contributed by atoms with Crippen molar-refractivity contribution in [3.63, 3.8) is 0 Å². The first-order chi connectivity index (χ1) is 8.15. The van der Waals surface area contributed by atoms with E-state index in [2.05, 4.69) is 47.2 Å². The van der Waals surface area contributed by atoms with Crippen LogP contribution in [0.3, 0.4) is 0 Å². The van der Waals surface area contributed by atoms with Crippen LogP contribution in [0.5, 0.6) is 5.75 Å². The standard InChI is InChI=1S/C14H20BrNO/c1-10(2)9-17-13-5-6-14(15)11(7-13)8-16-12-3-4-12/h5-7,10,12,16H,3-4,8-9H2,1-2H3. The lowest BCUT2D eigenvalue weighted by atomic mass is 10.2. The van der Waals surface area contributed by atoms with Crippen molar-refractivity contribution in [1.29, 1.82) is 0 Å². The van der Waals surface area contributed by atoms with Gasteiger partial charge < -0.3 is 10.1 Å². The van der Waals surface area contributed by atoms with Crippen LogP contribution in [0.15, 0.2) is 22.7 Å². The first-order valence-corrected chi connectivity index (χ1v) is 7.09. The Bertz CT molecular complexity index is 374. The van der Waals surface area contributed by atoms with Crippen LogP contribution >= 0.6 is 15.9 Å². The van der Waals surface area contributed by atoms with E-state index in [1.165, 1.54) is 18.4 Å². The predicted octanol–water partition coefficient (Wildman–Crippen LogP) is 3.74. The van der Waals surface area contributed by atoms with Crippen molar-refractivity contribution in [3.8, 4) is 5.75 Å². The molecule has 0 radical (unpaired) electrons. The largest absolute Gasteiger partial charge is 0.493 e. The third-order valence-corrected chi connectivity index (χ3v) is 3.53. The van der Waals surface area contributed by atoms with Gasteiger partial charge in [0, 0.05) is 17.1 Å². The predicted molar refractivity (Wildman–Crippen MR) is 74.3 cm³/mol. The molecule has 0 aliphatic heterocycles. The Morgan fingerprint density at radius 3 is 2.82 bits per heavy atom. The molecule has 1 saturated carbocycles. The van der Waals surface area contributed by atoms with Crippen molar-refractivity contribution >= 4 is 15.9 Å². The van der Waals surface area contributed by atoms with E-state index in [1.54, 1.807) is 0 Å². The zero-order valence-electron chi connectivity index (χ0n) is 10.5. The molecule has 0 heterocycles. The molecule has 1 aromatic carbocycles. The molecule has 0 atom stereocenters. The molecule has 0 amide bonds. The normalized spacial score (nSPS) is 15.3. The van der Waals surface area contributed by atoms with Gasteiger partial charge in [-0.3, -0.25) is 0 Å². The average Bonchev–Trinajstić information content (AvgIpc) is 3.10. The topological polar surface area (TPSA) is 21.3 Å². The van der Waals surface area contributed by atoms with Crippen LogP contribution in [0.4, 0.5) is 0 Å². The second kappa shape index (κ2) is 5.87. The van der Waals surface area contributed by atoms with Crippen molar-refractivity contribution in [2.45, 2.75) is 39.3 Å². The number of hydrogen-bond donors (Lipinski definition) is 1. The van der Waals surface area contributed by atoms with Crippen LogP contribution in [-0.2, 0) is 6.54 Å². The summed E-state index contributed by atoms with van der Waals surface area (Å²) < 4.78 is 6.89. The van der Waals surface area contributed by atoms with Crippen molar-refractivity contribution < 1.29 is 4.74 Å². The van der Waals surface area contributed by atoms with Gasteiger partial charge in [0.15, 0.2) is 0 Å². The molecule has 0 spiro atoms. The maximum absolute atomic E-state index is 5.74. The van der Waals surface area contributed by atoms with Crippen LogP contribution < -0.4 is 10.1 Å². The summed E-state index contributed by atoms with van der Waals surface area (Å²) in [4.78, 5) is 0. The third kappa shape index (κ3) is 4.32. The number of ether oxygens (including phenoxy) is 1. The minimum absolute atomic E-state index is 0.562.